The van der Waals surface area contributed by atoms with Gasteiger partial charge in [-0.05, 0) is 48.2 Å². The van der Waals surface area contributed by atoms with Crippen molar-refractivity contribution in [3.05, 3.63) is 91.0 Å². The SMILES string of the molecule is OP(O)(O)=S.S=P(Oc1ccccc1)(Oc1ccccc1)Oc1ccccc1. The van der Waals surface area contributed by atoms with Crippen LogP contribution >= 0.6 is 13.4 Å². The summed E-state index contributed by atoms with van der Waals surface area (Å²) in [7, 11) is 0. The Labute approximate surface area is 173 Å². The van der Waals surface area contributed by atoms with Crippen LogP contribution in [0, 0.1) is 0 Å². The highest BCUT2D eigenvalue weighted by molar-refractivity contribution is 8.08. The first kappa shape index (κ1) is 22.5. The summed E-state index contributed by atoms with van der Waals surface area (Å²) in [6, 6.07) is 27.9. The molecule has 3 aromatic rings. The van der Waals surface area contributed by atoms with Gasteiger partial charge in [0.05, 0.1) is 0 Å². The van der Waals surface area contributed by atoms with Crippen LogP contribution in [0.5, 0.6) is 17.2 Å². The molecule has 10 heteroatoms. The molecule has 0 aliphatic rings. The molecule has 0 amide bonds. The largest absolute Gasteiger partial charge is 0.490 e. The van der Waals surface area contributed by atoms with E-state index in [1.165, 1.54) is 0 Å². The fourth-order valence-corrected chi connectivity index (χ4v) is 3.91. The first-order valence-electron chi connectivity index (χ1n) is 7.86. The third kappa shape index (κ3) is 9.44. The van der Waals surface area contributed by atoms with E-state index >= 15 is 0 Å². The van der Waals surface area contributed by atoms with Gasteiger partial charge >= 0.3 is 13.4 Å². The summed E-state index contributed by atoms with van der Waals surface area (Å²) >= 11 is 9.20. The molecule has 28 heavy (non-hydrogen) atoms. The molecule has 3 aromatic carbocycles. The van der Waals surface area contributed by atoms with Crippen LogP contribution in [0.25, 0.3) is 0 Å². The van der Waals surface area contributed by atoms with Crippen LogP contribution in [-0.4, -0.2) is 14.7 Å². The molecule has 0 saturated heterocycles. The molecule has 3 rings (SSSR count). The molecular weight excluding hydrogens is 438 g/mol. The minimum absolute atomic E-state index is 0.614. The standard InChI is InChI=1S/C18H15O3PS.H3O3PS/c23-22(19-16-10-4-1-5-11-16,20-17-12-6-2-7-13-17)21-18-14-8-3-9-15-18;1-4(2,3)5/h1-15H;(H3,1,2,3,5). The topological polar surface area (TPSA) is 88.4 Å². The minimum Gasteiger partial charge on any atom is -0.407 e. The minimum atomic E-state index is -3.81. The second kappa shape index (κ2) is 10.7. The summed E-state index contributed by atoms with van der Waals surface area (Å²) in [4.78, 5) is 22.7. The van der Waals surface area contributed by atoms with E-state index in [4.69, 9.17) is 40.1 Å². The molecule has 148 valence electrons. The lowest BCUT2D eigenvalue weighted by Gasteiger charge is -2.23. The molecule has 0 heterocycles. The highest BCUT2D eigenvalue weighted by Crippen LogP contribution is 2.49. The summed E-state index contributed by atoms with van der Waals surface area (Å²) < 4.78 is 17.7. The molecule has 6 nitrogen and oxygen atoms in total. The summed E-state index contributed by atoms with van der Waals surface area (Å²) in [5.41, 5.74) is 0. The lowest BCUT2D eigenvalue weighted by Crippen LogP contribution is -2.07. The maximum Gasteiger partial charge on any atom is 0.490 e. The highest BCUT2D eigenvalue weighted by atomic mass is 32.5. The zero-order valence-corrected chi connectivity index (χ0v) is 17.9. The summed E-state index contributed by atoms with van der Waals surface area (Å²) in [5.74, 6) is 1.84. The Morgan fingerprint density at radius 1 is 0.500 bits per heavy atom. The van der Waals surface area contributed by atoms with Crippen molar-refractivity contribution in [3.63, 3.8) is 0 Å². The molecule has 3 N–H and O–H groups in total. The smallest absolute Gasteiger partial charge is 0.407 e. The third-order valence-electron chi connectivity index (χ3n) is 2.88. The molecule has 0 saturated carbocycles. The third-order valence-corrected chi connectivity index (χ3v) is 4.86. The number of benzene rings is 3. The molecule has 0 aliphatic heterocycles. The van der Waals surface area contributed by atoms with Crippen molar-refractivity contribution in [3.8, 4) is 17.2 Å². The summed E-state index contributed by atoms with van der Waals surface area (Å²) in [6.45, 7) is -6.86. The van der Waals surface area contributed by atoms with Gasteiger partial charge in [-0.15, -0.1) is 0 Å². The van der Waals surface area contributed by atoms with E-state index in [0.717, 1.165) is 0 Å². The Hall–Kier alpha value is -1.76. The van der Waals surface area contributed by atoms with Gasteiger partial charge in [0.1, 0.15) is 17.2 Å². The number of rotatable bonds is 6. The summed E-state index contributed by atoms with van der Waals surface area (Å²) in [6.07, 6.45) is 0. The number of hydrogen-bond donors (Lipinski definition) is 3. The fraction of sp³-hybridized carbons (Fsp3) is 0. The van der Waals surface area contributed by atoms with E-state index < -0.39 is 13.4 Å². The van der Waals surface area contributed by atoms with E-state index in [9.17, 15) is 0 Å². The van der Waals surface area contributed by atoms with E-state index in [1.807, 2.05) is 91.0 Å². The predicted octanol–water partition coefficient (Wildman–Crippen LogP) is 4.64. The Bertz CT molecular complexity index is 820. The van der Waals surface area contributed by atoms with Crippen molar-refractivity contribution in [2.45, 2.75) is 0 Å². The average molecular weight is 456 g/mol. The van der Waals surface area contributed by atoms with E-state index in [2.05, 4.69) is 11.8 Å². The predicted molar refractivity (Wildman–Crippen MR) is 116 cm³/mol. The van der Waals surface area contributed by atoms with Gasteiger partial charge in [0.2, 0.25) is 0 Å². The first-order valence-corrected chi connectivity index (χ1v) is 13.1. The maximum absolute atomic E-state index is 7.56. The molecule has 0 spiro atoms. The normalized spacial score (nSPS) is 11.0. The second-order valence-electron chi connectivity index (χ2n) is 5.17. The van der Waals surface area contributed by atoms with Crippen molar-refractivity contribution >= 4 is 37.1 Å². The van der Waals surface area contributed by atoms with Crippen LogP contribution in [0.1, 0.15) is 0 Å². The quantitative estimate of drug-likeness (QED) is 0.463. The Kier molecular flexibility index (Phi) is 8.60. The van der Waals surface area contributed by atoms with Crippen LogP contribution in [0.3, 0.4) is 0 Å². The Morgan fingerprint density at radius 3 is 0.929 bits per heavy atom. The van der Waals surface area contributed by atoms with Crippen molar-refractivity contribution in [1.82, 2.24) is 0 Å². The summed E-state index contributed by atoms with van der Waals surface area (Å²) in [5, 5.41) is 0. The Balaban J connectivity index is 0.000000500. The molecule has 0 fully saturated rings. The lowest BCUT2D eigenvalue weighted by molar-refractivity contribution is 0.363. The van der Waals surface area contributed by atoms with Crippen molar-refractivity contribution in [2.75, 3.05) is 0 Å². The molecule has 0 atom stereocenters. The molecule has 0 aromatic heterocycles. The van der Waals surface area contributed by atoms with Gasteiger partial charge in [0.25, 0.3) is 0 Å². The van der Waals surface area contributed by atoms with Crippen LogP contribution in [0.4, 0.5) is 0 Å². The Morgan fingerprint density at radius 2 is 0.714 bits per heavy atom. The first-order chi connectivity index (χ1) is 13.2. The van der Waals surface area contributed by atoms with Gasteiger partial charge < -0.3 is 28.3 Å². The van der Waals surface area contributed by atoms with E-state index in [0.29, 0.717) is 17.2 Å². The fourth-order valence-electron chi connectivity index (χ4n) is 1.89. The van der Waals surface area contributed by atoms with Gasteiger partial charge in [-0.3, -0.25) is 0 Å². The zero-order chi connectivity index (χ0) is 20.5. The maximum atomic E-state index is 7.56. The van der Waals surface area contributed by atoms with Crippen LogP contribution in [-0.2, 0) is 23.6 Å². The molecule has 0 radical (unpaired) electrons. The zero-order valence-electron chi connectivity index (χ0n) is 14.4. The van der Waals surface area contributed by atoms with Crippen LogP contribution in [0.15, 0.2) is 91.0 Å². The second-order valence-corrected chi connectivity index (χ2v) is 10.5. The van der Waals surface area contributed by atoms with Crippen molar-refractivity contribution < 1.29 is 28.3 Å². The van der Waals surface area contributed by atoms with Gasteiger partial charge in [0, 0.05) is 11.8 Å². The van der Waals surface area contributed by atoms with E-state index in [-0.39, 0.29) is 0 Å². The molecule has 0 bridgehead atoms. The van der Waals surface area contributed by atoms with E-state index in [1.54, 1.807) is 0 Å². The molecular formula is C18H18O6P2S2. The highest BCUT2D eigenvalue weighted by Gasteiger charge is 2.26. The van der Waals surface area contributed by atoms with Crippen LogP contribution < -0.4 is 13.6 Å². The van der Waals surface area contributed by atoms with Gasteiger partial charge in [-0.25, -0.2) is 0 Å². The van der Waals surface area contributed by atoms with Gasteiger partial charge in [0.15, 0.2) is 0 Å². The monoisotopic (exact) mass is 456 g/mol. The number of para-hydroxylation sites is 3. The number of hydrogen-bond acceptors (Lipinski definition) is 5. The lowest BCUT2D eigenvalue weighted by atomic mass is 10.3. The van der Waals surface area contributed by atoms with Crippen molar-refractivity contribution in [1.29, 1.82) is 0 Å². The van der Waals surface area contributed by atoms with Gasteiger partial charge in [-0.1, -0.05) is 54.6 Å². The van der Waals surface area contributed by atoms with Gasteiger partial charge in [-0.2, -0.15) is 0 Å². The van der Waals surface area contributed by atoms with Crippen LogP contribution in [0.2, 0.25) is 0 Å². The molecule has 0 aliphatic carbocycles. The van der Waals surface area contributed by atoms with Crippen molar-refractivity contribution in [2.24, 2.45) is 0 Å². The molecule has 0 unspecified atom stereocenters. The average Bonchev–Trinajstić information content (AvgIpc) is 2.62.